The van der Waals surface area contributed by atoms with Crippen molar-refractivity contribution in [3.8, 4) is 5.69 Å². The first-order valence-corrected chi connectivity index (χ1v) is 8.38. The Kier molecular flexibility index (Phi) is 4.61. The fourth-order valence-corrected chi connectivity index (χ4v) is 3.37. The van der Waals surface area contributed by atoms with E-state index in [2.05, 4.69) is 20.8 Å². The highest BCUT2D eigenvalue weighted by Crippen LogP contribution is 2.36. The molecule has 1 aliphatic rings. The Balaban J connectivity index is 2.04. The molecule has 2 aromatic rings. The van der Waals surface area contributed by atoms with E-state index in [0.717, 1.165) is 31.4 Å². The van der Waals surface area contributed by atoms with E-state index in [1.54, 1.807) is 4.68 Å². The minimum absolute atomic E-state index is 0.0209. The third-order valence-corrected chi connectivity index (χ3v) is 4.59. The van der Waals surface area contributed by atoms with Gasteiger partial charge in [0.05, 0.1) is 5.69 Å². The predicted molar refractivity (Wildman–Crippen MR) is 87.4 cm³/mol. The number of tetrazole rings is 1. The summed E-state index contributed by atoms with van der Waals surface area (Å²) in [5.74, 6) is 0.703. The van der Waals surface area contributed by atoms with Crippen LogP contribution in [0.3, 0.4) is 0 Å². The van der Waals surface area contributed by atoms with Gasteiger partial charge in [-0.1, -0.05) is 43.9 Å². The van der Waals surface area contributed by atoms with Crippen LogP contribution in [0.1, 0.15) is 51.3 Å². The SMILES string of the molecule is CCC(=O)NC1(c2nnnn2-c2cccc(Cl)c2)CCCCC1. The summed E-state index contributed by atoms with van der Waals surface area (Å²) < 4.78 is 1.69. The predicted octanol–water partition coefficient (Wildman–Crippen LogP) is 3.00. The maximum absolute atomic E-state index is 12.1. The number of nitrogens with zero attached hydrogens (tertiary/aromatic N) is 4. The maximum atomic E-state index is 12.1. The molecular formula is C16H20ClN5O. The summed E-state index contributed by atoms with van der Waals surface area (Å²) in [6.07, 6.45) is 5.40. The topological polar surface area (TPSA) is 72.7 Å². The van der Waals surface area contributed by atoms with E-state index >= 15 is 0 Å². The molecule has 1 aromatic heterocycles. The van der Waals surface area contributed by atoms with Crippen molar-refractivity contribution in [2.24, 2.45) is 0 Å². The molecule has 1 fully saturated rings. The zero-order valence-electron chi connectivity index (χ0n) is 13.1. The third kappa shape index (κ3) is 3.22. The van der Waals surface area contributed by atoms with Crippen molar-refractivity contribution in [2.45, 2.75) is 51.0 Å². The van der Waals surface area contributed by atoms with Gasteiger partial charge in [-0.2, -0.15) is 4.68 Å². The van der Waals surface area contributed by atoms with Gasteiger partial charge in [0.2, 0.25) is 5.91 Å². The van der Waals surface area contributed by atoms with Gasteiger partial charge in [-0.25, -0.2) is 0 Å². The Hall–Kier alpha value is -1.95. The standard InChI is InChI=1S/C16H20ClN5O/c1-2-14(23)18-16(9-4-3-5-10-16)15-19-20-21-22(15)13-8-6-7-12(17)11-13/h6-8,11H,2-5,9-10H2,1H3,(H,18,23). The lowest BCUT2D eigenvalue weighted by Crippen LogP contribution is -2.48. The smallest absolute Gasteiger partial charge is 0.220 e. The number of hydrogen-bond acceptors (Lipinski definition) is 4. The van der Waals surface area contributed by atoms with E-state index < -0.39 is 5.54 Å². The van der Waals surface area contributed by atoms with Crippen LogP contribution in [0.5, 0.6) is 0 Å². The second kappa shape index (κ2) is 6.66. The second-order valence-electron chi connectivity index (χ2n) is 5.94. The molecule has 0 unspecified atom stereocenters. The lowest BCUT2D eigenvalue weighted by molar-refractivity contribution is -0.123. The summed E-state index contributed by atoms with van der Waals surface area (Å²) in [6, 6.07) is 7.40. The van der Waals surface area contributed by atoms with Crippen LogP contribution in [0.4, 0.5) is 0 Å². The molecule has 1 amide bonds. The number of amides is 1. The number of halogens is 1. The molecule has 1 aliphatic carbocycles. The van der Waals surface area contributed by atoms with E-state index in [-0.39, 0.29) is 5.91 Å². The zero-order chi connectivity index (χ0) is 16.3. The van der Waals surface area contributed by atoms with E-state index in [1.807, 2.05) is 31.2 Å². The number of carbonyl (C=O) groups excluding carboxylic acids is 1. The fourth-order valence-electron chi connectivity index (χ4n) is 3.18. The number of hydrogen-bond donors (Lipinski definition) is 1. The molecule has 7 heteroatoms. The first-order chi connectivity index (χ1) is 11.1. The van der Waals surface area contributed by atoms with Gasteiger partial charge in [0.25, 0.3) is 0 Å². The average Bonchev–Trinajstić information content (AvgIpc) is 3.06. The van der Waals surface area contributed by atoms with Crippen LogP contribution in [-0.2, 0) is 10.3 Å². The summed E-state index contributed by atoms with van der Waals surface area (Å²) in [6.45, 7) is 1.85. The van der Waals surface area contributed by atoms with Crippen LogP contribution in [0.2, 0.25) is 5.02 Å². The van der Waals surface area contributed by atoms with Crippen LogP contribution in [0.15, 0.2) is 24.3 Å². The normalized spacial score (nSPS) is 17.0. The van der Waals surface area contributed by atoms with Gasteiger partial charge in [-0.15, -0.1) is 5.10 Å². The number of benzene rings is 1. The van der Waals surface area contributed by atoms with E-state index in [0.29, 0.717) is 17.3 Å². The van der Waals surface area contributed by atoms with E-state index in [4.69, 9.17) is 11.6 Å². The Labute approximate surface area is 140 Å². The first-order valence-electron chi connectivity index (χ1n) is 8.00. The number of nitrogens with one attached hydrogen (secondary N) is 1. The quantitative estimate of drug-likeness (QED) is 0.933. The molecule has 0 aliphatic heterocycles. The second-order valence-corrected chi connectivity index (χ2v) is 6.38. The molecule has 1 aromatic carbocycles. The molecular weight excluding hydrogens is 314 g/mol. The average molecular weight is 334 g/mol. The molecule has 0 spiro atoms. The number of carbonyl (C=O) groups is 1. The minimum Gasteiger partial charge on any atom is -0.343 e. The number of aromatic nitrogens is 4. The van der Waals surface area contributed by atoms with Crippen molar-refractivity contribution in [3.63, 3.8) is 0 Å². The molecule has 1 heterocycles. The van der Waals surface area contributed by atoms with Crippen molar-refractivity contribution < 1.29 is 4.79 Å². The monoisotopic (exact) mass is 333 g/mol. The van der Waals surface area contributed by atoms with Crippen LogP contribution < -0.4 is 5.32 Å². The van der Waals surface area contributed by atoms with E-state index in [9.17, 15) is 4.79 Å². The van der Waals surface area contributed by atoms with Gasteiger partial charge in [-0.05, 0) is 41.5 Å². The minimum atomic E-state index is -0.503. The molecule has 0 radical (unpaired) electrons. The molecule has 122 valence electrons. The molecule has 0 saturated heterocycles. The Bertz CT molecular complexity index is 693. The van der Waals surface area contributed by atoms with Crippen molar-refractivity contribution in [3.05, 3.63) is 35.1 Å². The van der Waals surface area contributed by atoms with Gasteiger partial charge in [0.1, 0.15) is 5.54 Å². The summed E-state index contributed by atoms with van der Waals surface area (Å²) in [5.41, 5.74) is 0.296. The van der Waals surface area contributed by atoms with Gasteiger partial charge >= 0.3 is 0 Å². The first kappa shape index (κ1) is 15.9. The molecule has 1 N–H and O–H groups in total. The largest absolute Gasteiger partial charge is 0.343 e. The highest BCUT2D eigenvalue weighted by atomic mass is 35.5. The lowest BCUT2D eigenvalue weighted by atomic mass is 9.80. The van der Waals surface area contributed by atoms with Crippen LogP contribution in [0, 0.1) is 0 Å². The maximum Gasteiger partial charge on any atom is 0.220 e. The summed E-state index contributed by atoms with van der Waals surface area (Å²) in [4.78, 5) is 12.1. The van der Waals surface area contributed by atoms with Gasteiger partial charge in [-0.3, -0.25) is 4.79 Å². The molecule has 6 nitrogen and oxygen atoms in total. The zero-order valence-corrected chi connectivity index (χ0v) is 13.9. The van der Waals surface area contributed by atoms with Gasteiger partial charge in [0.15, 0.2) is 5.82 Å². The Morgan fingerprint density at radius 3 is 2.83 bits per heavy atom. The Morgan fingerprint density at radius 2 is 2.13 bits per heavy atom. The molecule has 0 atom stereocenters. The molecule has 23 heavy (non-hydrogen) atoms. The van der Waals surface area contributed by atoms with Gasteiger partial charge in [0, 0.05) is 11.4 Å². The third-order valence-electron chi connectivity index (χ3n) is 4.36. The van der Waals surface area contributed by atoms with Crippen LogP contribution in [0.25, 0.3) is 5.69 Å². The van der Waals surface area contributed by atoms with Crippen molar-refractivity contribution in [2.75, 3.05) is 0 Å². The van der Waals surface area contributed by atoms with Crippen LogP contribution >= 0.6 is 11.6 Å². The van der Waals surface area contributed by atoms with Crippen molar-refractivity contribution >= 4 is 17.5 Å². The summed E-state index contributed by atoms with van der Waals surface area (Å²) >= 11 is 6.09. The van der Waals surface area contributed by atoms with Crippen molar-refractivity contribution in [1.29, 1.82) is 0 Å². The lowest BCUT2D eigenvalue weighted by Gasteiger charge is -2.36. The molecule has 0 bridgehead atoms. The van der Waals surface area contributed by atoms with E-state index in [1.165, 1.54) is 6.42 Å². The highest BCUT2D eigenvalue weighted by molar-refractivity contribution is 6.30. The van der Waals surface area contributed by atoms with Crippen molar-refractivity contribution in [1.82, 2.24) is 25.5 Å². The summed E-state index contributed by atoms with van der Waals surface area (Å²) in [5, 5.41) is 16.0. The highest BCUT2D eigenvalue weighted by Gasteiger charge is 2.40. The molecule has 3 rings (SSSR count). The van der Waals surface area contributed by atoms with Gasteiger partial charge < -0.3 is 5.32 Å². The number of rotatable bonds is 4. The Morgan fingerprint density at radius 1 is 1.35 bits per heavy atom. The van der Waals surface area contributed by atoms with Crippen LogP contribution in [-0.4, -0.2) is 26.1 Å². The molecule has 1 saturated carbocycles. The summed E-state index contributed by atoms with van der Waals surface area (Å²) in [7, 11) is 0. The fraction of sp³-hybridized carbons (Fsp3) is 0.500.